The van der Waals surface area contributed by atoms with Crippen molar-refractivity contribution < 1.29 is 38.5 Å². The number of rotatable bonds is 8. The Labute approximate surface area is 209 Å². The van der Waals surface area contributed by atoms with Crippen molar-refractivity contribution in [3.8, 4) is 0 Å². The number of fused-ring (bicyclic) bond motifs is 4. The van der Waals surface area contributed by atoms with Crippen molar-refractivity contribution in [2.24, 2.45) is 5.41 Å². The SMILES string of the molecule is O=C(CCNC(=O)C12CC3OC(=O)C1N(Cc1cccc(I)c1)OC2C1OCOC31)NCCO. The fraction of sp³-hybridized carbons (Fsp3) is 0.591. The number of halogens is 1. The Morgan fingerprint density at radius 1 is 1.21 bits per heavy atom. The second-order valence-electron chi connectivity index (χ2n) is 8.81. The molecule has 1 aromatic carbocycles. The number of benzene rings is 1. The lowest BCUT2D eigenvalue weighted by Gasteiger charge is -2.48. The van der Waals surface area contributed by atoms with Gasteiger partial charge < -0.3 is 30.0 Å². The van der Waals surface area contributed by atoms with E-state index in [1.165, 1.54) is 5.06 Å². The van der Waals surface area contributed by atoms with Gasteiger partial charge in [-0.05, 0) is 40.3 Å². The van der Waals surface area contributed by atoms with E-state index in [1.807, 2.05) is 24.3 Å². The average molecular weight is 587 g/mol. The van der Waals surface area contributed by atoms with Crippen LogP contribution in [0.5, 0.6) is 0 Å². The Morgan fingerprint density at radius 3 is 2.82 bits per heavy atom. The van der Waals surface area contributed by atoms with Crippen molar-refractivity contribution in [2.75, 3.05) is 26.5 Å². The summed E-state index contributed by atoms with van der Waals surface area (Å²) < 4.78 is 18.2. The molecule has 12 heteroatoms. The summed E-state index contributed by atoms with van der Waals surface area (Å²) in [5.74, 6) is -1.20. The molecule has 34 heavy (non-hydrogen) atoms. The highest BCUT2D eigenvalue weighted by atomic mass is 127. The number of hydrogen-bond acceptors (Lipinski definition) is 9. The minimum absolute atomic E-state index is 0.0352. The second-order valence-corrected chi connectivity index (χ2v) is 10.1. The van der Waals surface area contributed by atoms with Crippen LogP contribution >= 0.6 is 22.6 Å². The van der Waals surface area contributed by atoms with E-state index in [4.69, 9.17) is 24.2 Å². The van der Waals surface area contributed by atoms with Crippen LogP contribution < -0.4 is 10.6 Å². The highest BCUT2D eigenvalue weighted by molar-refractivity contribution is 14.1. The minimum atomic E-state index is -1.24. The number of aliphatic hydroxyl groups excluding tert-OH is 1. The largest absolute Gasteiger partial charge is 0.458 e. The second kappa shape index (κ2) is 9.66. The van der Waals surface area contributed by atoms with Crippen molar-refractivity contribution in [3.63, 3.8) is 0 Å². The lowest BCUT2D eigenvalue weighted by atomic mass is 9.62. The molecule has 3 aliphatic heterocycles. The van der Waals surface area contributed by atoms with Crippen molar-refractivity contribution in [2.45, 2.75) is 49.8 Å². The van der Waals surface area contributed by atoms with Gasteiger partial charge in [0.05, 0.1) is 13.2 Å². The van der Waals surface area contributed by atoms with Gasteiger partial charge in [-0.25, -0.2) is 0 Å². The molecule has 11 nitrogen and oxygen atoms in total. The fourth-order valence-electron chi connectivity index (χ4n) is 5.39. The van der Waals surface area contributed by atoms with E-state index in [0.717, 1.165) is 9.13 Å². The van der Waals surface area contributed by atoms with Crippen LogP contribution in [-0.4, -0.2) is 84.9 Å². The Hall–Kier alpha value is -1.84. The number of ether oxygens (including phenoxy) is 3. The predicted octanol–water partition coefficient (Wildman–Crippen LogP) is -0.553. The van der Waals surface area contributed by atoms with Crippen LogP contribution in [0.4, 0.5) is 0 Å². The minimum Gasteiger partial charge on any atom is -0.458 e. The molecule has 1 aliphatic carbocycles. The molecule has 2 bridgehead atoms. The number of aliphatic hydroxyl groups is 1. The van der Waals surface area contributed by atoms with Crippen molar-refractivity contribution in [1.29, 1.82) is 0 Å². The number of carbonyl (C=O) groups is 3. The molecule has 6 atom stereocenters. The van der Waals surface area contributed by atoms with Gasteiger partial charge in [-0.1, -0.05) is 12.1 Å². The van der Waals surface area contributed by atoms with E-state index in [-0.39, 0.29) is 57.7 Å². The Morgan fingerprint density at radius 2 is 2.03 bits per heavy atom. The summed E-state index contributed by atoms with van der Waals surface area (Å²) in [6.45, 7) is 0.393. The van der Waals surface area contributed by atoms with Crippen LogP contribution in [0, 0.1) is 8.99 Å². The zero-order valence-corrected chi connectivity index (χ0v) is 20.4. The smallest absolute Gasteiger partial charge is 0.327 e. The van der Waals surface area contributed by atoms with Crippen LogP contribution in [0.2, 0.25) is 0 Å². The van der Waals surface area contributed by atoms with E-state index in [2.05, 4.69) is 33.2 Å². The molecule has 3 heterocycles. The maximum Gasteiger partial charge on any atom is 0.327 e. The summed E-state index contributed by atoms with van der Waals surface area (Å²) in [6.07, 6.45) is -2.13. The molecule has 6 unspecified atom stereocenters. The van der Waals surface area contributed by atoms with Gasteiger partial charge in [-0.3, -0.25) is 19.2 Å². The standard InChI is InChI=1S/C22H26IN3O8/c23-13-3-1-2-12(8-13)10-26-18-20(29)33-14-9-22(18,19(34-26)17-16(14)31-11-32-17)21(30)25-5-4-15(28)24-6-7-27/h1-3,8,14,16-19,27H,4-7,9-11H2,(H,24,28)(H,25,30). The van der Waals surface area contributed by atoms with Gasteiger partial charge in [0, 0.05) is 29.5 Å². The molecule has 0 spiro atoms. The highest BCUT2D eigenvalue weighted by Crippen LogP contribution is 2.55. The molecule has 1 saturated carbocycles. The summed E-state index contributed by atoms with van der Waals surface area (Å²) in [7, 11) is 0. The first-order valence-electron chi connectivity index (χ1n) is 11.2. The Kier molecular flexibility index (Phi) is 6.79. The van der Waals surface area contributed by atoms with Gasteiger partial charge in [0.2, 0.25) is 11.8 Å². The monoisotopic (exact) mass is 587 g/mol. The number of carbonyl (C=O) groups excluding carboxylic acids is 3. The summed E-state index contributed by atoms with van der Waals surface area (Å²) in [5.41, 5.74) is -0.310. The van der Waals surface area contributed by atoms with Crippen LogP contribution in [0.3, 0.4) is 0 Å². The summed E-state index contributed by atoms with van der Waals surface area (Å²) in [5, 5.41) is 15.7. The van der Waals surface area contributed by atoms with Gasteiger partial charge in [-0.2, -0.15) is 5.06 Å². The van der Waals surface area contributed by atoms with Crippen LogP contribution in [-0.2, 0) is 40.0 Å². The molecule has 4 aliphatic rings. The van der Waals surface area contributed by atoms with Gasteiger partial charge in [0.15, 0.2) is 6.04 Å². The van der Waals surface area contributed by atoms with Crippen molar-refractivity contribution in [3.05, 3.63) is 33.4 Å². The molecule has 3 N–H and O–H groups in total. The van der Waals surface area contributed by atoms with E-state index < -0.39 is 41.8 Å². The molecular formula is C22H26IN3O8. The lowest BCUT2D eigenvalue weighted by molar-refractivity contribution is -0.201. The predicted molar refractivity (Wildman–Crippen MR) is 123 cm³/mol. The van der Waals surface area contributed by atoms with Gasteiger partial charge in [0.25, 0.3) is 0 Å². The van der Waals surface area contributed by atoms with Gasteiger partial charge >= 0.3 is 5.97 Å². The zero-order valence-electron chi connectivity index (χ0n) is 18.3. The normalized spacial score (nSPS) is 33.8. The highest BCUT2D eigenvalue weighted by Gasteiger charge is 2.74. The molecule has 0 aromatic heterocycles. The first-order valence-corrected chi connectivity index (χ1v) is 12.3. The maximum absolute atomic E-state index is 13.7. The van der Waals surface area contributed by atoms with Gasteiger partial charge in [0.1, 0.15) is 36.6 Å². The number of nitrogens with zero attached hydrogens (tertiary/aromatic N) is 1. The van der Waals surface area contributed by atoms with Crippen LogP contribution in [0.1, 0.15) is 18.4 Å². The Bertz CT molecular complexity index is 979. The van der Waals surface area contributed by atoms with E-state index in [1.54, 1.807) is 0 Å². The fourth-order valence-corrected chi connectivity index (χ4v) is 5.99. The Balaban J connectivity index is 1.41. The van der Waals surface area contributed by atoms with E-state index in [9.17, 15) is 14.4 Å². The third-order valence-electron chi connectivity index (χ3n) is 6.79. The van der Waals surface area contributed by atoms with E-state index in [0.29, 0.717) is 0 Å². The maximum atomic E-state index is 13.7. The number of nitrogens with one attached hydrogen (secondary N) is 2. The first-order chi connectivity index (χ1) is 16.4. The molecule has 5 rings (SSSR count). The molecule has 184 valence electrons. The van der Waals surface area contributed by atoms with Gasteiger partial charge in [-0.15, -0.1) is 0 Å². The third-order valence-corrected chi connectivity index (χ3v) is 7.46. The van der Waals surface area contributed by atoms with Crippen LogP contribution in [0.25, 0.3) is 0 Å². The summed E-state index contributed by atoms with van der Waals surface area (Å²) in [4.78, 5) is 45.1. The van der Waals surface area contributed by atoms with Crippen LogP contribution in [0.15, 0.2) is 24.3 Å². The first kappa shape index (κ1) is 23.9. The molecule has 4 fully saturated rings. The number of hydrogen-bond donors (Lipinski definition) is 3. The molecule has 2 amide bonds. The molecule has 1 aromatic rings. The zero-order chi connectivity index (χ0) is 23.9. The average Bonchev–Trinajstić information content (AvgIpc) is 3.42. The molecule has 0 radical (unpaired) electrons. The topological polar surface area (TPSA) is 136 Å². The third kappa shape index (κ3) is 4.09. The van der Waals surface area contributed by atoms with E-state index >= 15 is 0 Å². The number of hydroxylamine groups is 2. The number of esters is 1. The molecular weight excluding hydrogens is 561 g/mol. The molecule has 3 saturated heterocycles. The quantitative estimate of drug-likeness (QED) is 0.271. The lowest BCUT2D eigenvalue weighted by Crippen LogP contribution is -2.69. The van der Waals surface area contributed by atoms with Crippen molar-refractivity contribution >= 4 is 40.4 Å². The number of amides is 2. The summed E-state index contributed by atoms with van der Waals surface area (Å²) >= 11 is 2.22. The summed E-state index contributed by atoms with van der Waals surface area (Å²) in [6, 6.07) is 6.84. The van der Waals surface area contributed by atoms with Crippen molar-refractivity contribution in [1.82, 2.24) is 15.7 Å².